The van der Waals surface area contributed by atoms with Gasteiger partial charge in [0.05, 0.1) is 6.61 Å². The van der Waals surface area contributed by atoms with E-state index in [1.165, 1.54) is 6.92 Å². The molecule has 1 aromatic rings. The lowest BCUT2D eigenvalue weighted by molar-refractivity contribution is -0.291. The summed E-state index contributed by atoms with van der Waals surface area (Å²) < 4.78 is 70.9. The first kappa shape index (κ1) is 14.2. The fraction of sp³-hybridized carbons (Fsp3) is 0.500. The smallest absolute Gasteiger partial charge is 0.459 e. The Balaban J connectivity index is 3.29. The van der Waals surface area contributed by atoms with Crippen LogP contribution in [0.3, 0.4) is 0 Å². The first-order valence-corrected chi connectivity index (χ1v) is 4.49. The molecule has 0 saturated heterocycles. The molecule has 0 aliphatic carbocycles. The summed E-state index contributed by atoms with van der Waals surface area (Å²) in [4.78, 5) is 13.8. The van der Waals surface area contributed by atoms with Crippen LogP contribution in [0.1, 0.15) is 23.2 Å². The van der Waals surface area contributed by atoms with Crippen molar-refractivity contribution in [2.24, 2.45) is 0 Å². The molecule has 0 bridgehead atoms. The number of hydrogen-bond donors (Lipinski definition) is 1. The maximum absolute atomic E-state index is 13.0. The van der Waals surface area contributed by atoms with Gasteiger partial charge in [-0.05, 0) is 6.92 Å². The minimum absolute atomic E-state index is 0.240. The molecule has 0 amide bonds. The molecule has 0 aliphatic rings. The number of ether oxygens (including phenoxy) is 1. The van der Waals surface area contributed by atoms with Gasteiger partial charge in [0.25, 0.3) is 6.01 Å². The highest BCUT2D eigenvalue weighted by Gasteiger charge is 2.62. The molecule has 0 radical (unpaired) electrons. The van der Waals surface area contributed by atoms with Crippen LogP contribution in [0.5, 0.6) is 0 Å². The Hall–Kier alpha value is -1.87. The number of alkyl halides is 5. The molecule has 0 saturated carbocycles. The van der Waals surface area contributed by atoms with Crippen LogP contribution < -0.4 is 5.73 Å². The SMILES string of the molecule is CCOC(=O)c1oc(N)nc1C(F)(F)C(F)(F)F. The number of carbonyl (C=O) groups is 1. The zero-order valence-electron chi connectivity index (χ0n) is 8.85. The van der Waals surface area contributed by atoms with Crippen LogP contribution in [-0.2, 0) is 10.7 Å². The summed E-state index contributed by atoms with van der Waals surface area (Å²) in [5.41, 5.74) is 2.96. The maximum Gasteiger partial charge on any atom is 0.459 e. The molecule has 10 heteroatoms. The van der Waals surface area contributed by atoms with Gasteiger partial charge in [0, 0.05) is 0 Å². The summed E-state index contributed by atoms with van der Waals surface area (Å²) in [5.74, 6) is -8.23. The van der Waals surface area contributed by atoms with Crippen molar-refractivity contribution in [3.8, 4) is 0 Å². The summed E-state index contributed by atoms with van der Waals surface area (Å²) >= 11 is 0. The fourth-order valence-corrected chi connectivity index (χ4v) is 1.02. The predicted octanol–water partition coefficient (Wildman–Crippen LogP) is 2.09. The quantitative estimate of drug-likeness (QED) is 0.674. The van der Waals surface area contributed by atoms with Crippen LogP contribution in [0.2, 0.25) is 0 Å². The number of rotatable bonds is 3. The second-order valence-electron chi connectivity index (χ2n) is 3.02. The third kappa shape index (κ3) is 2.36. The molecule has 0 fully saturated rings. The third-order valence-corrected chi connectivity index (χ3v) is 1.76. The molecule has 102 valence electrons. The van der Waals surface area contributed by atoms with E-state index in [4.69, 9.17) is 5.73 Å². The minimum atomic E-state index is -5.93. The van der Waals surface area contributed by atoms with Crippen molar-refractivity contribution in [2.45, 2.75) is 19.0 Å². The van der Waals surface area contributed by atoms with Gasteiger partial charge in [-0.2, -0.15) is 26.9 Å². The van der Waals surface area contributed by atoms with Crippen molar-refractivity contribution >= 4 is 12.0 Å². The summed E-state index contributed by atoms with van der Waals surface area (Å²) in [7, 11) is 0. The van der Waals surface area contributed by atoms with Gasteiger partial charge >= 0.3 is 18.1 Å². The lowest BCUT2D eigenvalue weighted by atomic mass is 10.2. The summed E-state index contributed by atoms with van der Waals surface area (Å²) in [6, 6.07) is -0.989. The van der Waals surface area contributed by atoms with Crippen LogP contribution in [0.4, 0.5) is 28.0 Å². The standard InChI is InChI=1S/C8H7F5N2O3/c1-2-17-5(16)3-4(15-6(14)18-3)7(9,10)8(11,12)13/h2H2,1H3,(H2,14,15). The molecule has 0 aliphatic heterocycles. The molecule has 18 heavy (non-hydrogen) atoms. The molecule has 0 spiro atoms. The first-order chi connectivity index (χ1) is 8.11. The second-order valence-corrected chi connectivity index (χ2v) is 3.02. The van der Waals surface area contributed by atoms with Crippen LogP contribution >= 0.6 is 0 Å². The monoisotopic (exact) mass is 274 g/mol. The Labute approximate surface area is 96.7 Å². The Morgan fingerprint density at radius 2 is 1.94 bits per heavy atom. The van der Waals surface area contributed by atoms with Gasteiger partial charge in [0.1, 0.15) is 0 Å². The highest BCUT2D eigenvalue weighted by Crippen LogP contribution is 2.45. The molecule has 1 rings (SSSR count). The van der Waals surface area contributed by atoms with E-state index in [2.05, 4.69) is 14.1 Å². The van der Waals surface area contributed by atoms with Gasteiger partial charge in [-0.1, -0.05) is 0 Å². The normalized spacial score (nSPS) is 12.6. The first-order valence-electron chi connectivity index (χ1n) is 4.49. The summed E-state index contributed by atoms with van der Waals surface area (Å²) in [6.07, 6.45) is -5.93. The number of nitrogen functional groups attached to an aromatic ring is 1. The molecular formula is C8H7F5N2O3. The molecule has 2 N–H and O–H groups in total. The zero-order valence-corrected chi connectivity index (χ0v) is 8.85. The van der Waals surface area contributed by atoms with Crippen molar-refractivity contribution in [3.05, 3.63) is 11.5 Å². The number of aromatic nitrogens is 1. The van der Waals surface area contributed by atoms with E-state index in [0.29, 0.717) is 0 Å². The highest BCUT2D eigenvalue weighted by molar-refractivity contribution is 5.88. The average molecular weight is 274 g/mol. The Morgan fingerprint density at radius 3 is 2.39 bits per heavy atom. The number of esters is 1. The van der Waals surface area contributed by atoms with Gasteiger partial charge in [0.2, 0.25) is 5.76 Å². The lowest BCUT2D eigenvalue weighted by Gasteiger charge is -2.17. The number of nitrogens with zero attached hydrogens (tertiary/aromatic N) is 1. The number of hydrogen-bond acceptors (Lipinski definition) is 5. The zero-order chi connectivity index (χ0) is 14.1. The van der Waals surface area contributed by atoms with E-state index in [1.54, 1.807) is 0 Å². The largest absolute Gasteiger partial charge is 0.460 e. The van der Waals surface area contributed by atoms with Crippen LogP contribution in [0, 0.1) is 0 Å². The number of oxazole rings is 1. The highest BCUT2D eigenvalue weighted by atomic mass is 19.4. The Kier molecular flexibility index (Phi) is 3.49. The number of anilines is 1. The van der Waals surface area contributed by atoms with E-state index in [0.717, 1.165) is 0 Å². The molecule has 1 heterocycles. The van der Waals surface area contributed by atoms with Gasteiger partial charge in [-0.15, -0.1) is 0 Å². The van der Waals surface area contributed by atoms with E-state index in [1.807, 2.05) is 0 Å². The topological polar surface area (TPSA) is 78.3 Å². The summed E-state index contributed by atoms with van der Waals surface area (Å²) in [5, 5.41) is 0. The van der Waals surface area contributed by atoms with Crippen LogP contribution in [0.25, 0.3) is 0 Å². The maximum atomic E-state index is 13.0. The van der Waals surface area contributed by atoms with Gasteiger partial charge in [-0.25, -0.2) is 4.79 Å². The number of carbonyl (C=O) groups excluding carboxylic acids is 1. The van der Waals surface area contributed by atoms with Crippen molar-refractivity contribution in [2.75, 3.05) is 12.3 Å². The average Bonchev–Trinajstić information content (AvgIpc) is 2.59. The molecule has 0 unspecified atom stereocenters. The van der Waals surface area contributed by atoms with Gasteiger partial charge in [0.15, 0.2) is 5.69 Å². The molecule has 0 aromatic carbocycles. The Bertz CT molecular complexity index is 454. The van der Waals surface area contributed by atoms with E-state index >= 15 is 0 Å². The van der Waals surface area contributed by atoms with Crippen LogP contribution in [-0.4, -0.2) is 23.7 Å². The van der Waals surface area contributed by atoms with Crippen molar-refractivity contribution in [1.29, 1.82) is 0 Å². The summed E-state index contributed by atoms with van der Waals surface area (Å²) in [6.45, 7) is 1.09. The van der Waals surface area contributed by atoms with Gasteiger partial charge < -0.3 is 14.9 Å². The Morgan fingerprint density at radius 1 is 1.39 bits per heavy atom. The van der Waals surface area contributed by atoms with Gasteiger partial charge in [-0.3, -0.25) is 0 Å². The second kappa shape index (κ2) is 4.42. The van der Waals surface area contributed by atoms with Crippen molar-refractivity contribution in [1.82, 2.24) is 4.98 Å². The lowest BCUT2D eigenvalue weighted by Crippen LogP contribution is -2.35. The van der Waals surface area contributed by atoms with E-state index in [-0.39, 0.29) is 6.61 Å². The number of nitrogens with two attached hydrogens (primary N) is 1. The fourth-order valence-electron chi connectivity index (χ4n) is 1.02. The predicted molar refractivity (Wildman–Crippen MR) is 46.8 cm³/mol. The molecular weight excluding hydrogens is 267 g/mol. The van der Waals surface area contributed by atoms with Crippen LogP contribution in [0.15, 0.2) is 4.42 Å². The number of halogens is 5. The molecule has 0 atom stereocenters. The van der Waals surface area contributed by atoms with Crippen molar-refractivity contribution in [3.63, 3.8) is 0 Å². The molecule has 5 nitrogen and oxygen atoms in total. The minimum Gasteiger partial charge on any atom is -0.460 e. The van der Waals surface area contributed by atoms with Crippen molar-refractivity contribution < 1.29 is 35.9 Å². The van der Waals surface area contributed by atoms with E-state index < -0.39 is 35.5 Å². The molecule has 1 aromatic heterocycles. The van der Waals surface area contributed by atoms with E-state index in [9.17, 15) is 26.7 Å². The third-order valence-electron chi connectivity index (χ3n) is 1.76.